The third-order valence-electron chi connectivity index (χ3n) is 3.60. The molecule has 0 N–H and O–H groups in total. The molecule has 1 atom stereocenters. The predicted molar refractivity (Wildman–Crippen MR) is 70.2 cm³/mol. The average Bonchev–Trinajstić information content (AvgIpc) is 2.33. The number of nitrogens with zero attached hydrogens (tertiary/aromatic N) is 2. The number of carbonyl (C=O) groups excluding carboxylic acids is 1. The highest BCUT2D eigenvalue weighted by molar-refractivity contribution is 6.05. The van der Waals surface area contributed by atoms with E-state index < -0.39 is 17.2 Å². The summed E-state index contributed by atoms with van der Waals surface area (Å²) in [7, 11) is 3.61. The fourth-order valence-electron chi connectivity index (χ4n) is 2.76. The third kappa shape index (κ3) is 2.18. The Balaban J connectivity index is 2.40. The van der Waals surface area contributed by atoms with Gasteiger partial charge in [0, 0.05) is 5.69 Å². The van der Waals surface area contributed by atoms with E-state index in [0.717, 1.165) is 12.1 Å². The van der Waals surface area contributed by atoms with E-state index >= 15 is 0 Å². The summed E-state index contributed by atoms with van der Waals surface area (Å²) in [6, 6.07) is 4.87. The first-order valence-corrected chi connectivity index (χ1v) is 6.24. The molecule has 0 bridgehead atoms. The van der Waals surface area contributed by atoms with E-state index in [2.05, 4.69) is 0 Å². The third-order valence-corrected chi connectivity index (χ3v) is 3.60. The number of amides is 1. The Morgan fingerprint density at radius 3 is 2.35 bits per heavy atom. The molecule has 2 rings (SSSR count). The molecule has 0 spiro atoms. The van der Waals surface area contributed by atoms with Crippen molar-refractivity contribution in [3.63, 3.8) is 0 Å². The first kappa shape index (κ1) is 14.8. The van der Waals surface area contributed by atoms with Crippen molar-refractivity contribution in [1.82, 2.24) is 4.90 Å². The summed E-state index contributed by atoms with van der Waals surface area (Å²) in [4.78, 5) is 15.4. The minimum atomic E-state index is -4.41. The summed E-state index contributed by atoms with van der Waals surface area (Å²) in [5.74, 6) is -0.171. The molecular weight excluding hydrogens is 269 g/mol. The van der Waals surface area contributed by atoms with Gasteiger partial charge in [0.15, 0.2) is 0 Å². The average molecular weight is 286 g/mol. The van der Waals surface area contributed by atoms with E-state index in [1.165, 1.54) is 17.0 Å². The zero-order chi connectivity index (χ0) is 15.3. The van der Waals surface area contributed by atoms with Crippen molar-refractivity contribution < 1.29 is 18.0 Å². The fourth-order valence-corrected chi connectivity index (χ4v) is 2.76. The number of β-lactam (4-membered cyclic amide) rings is 1. The van der Waals surface area contributed by atoms with Gasteiger partial charge in [0.05, 0.1) is 11.0 Å². The van der Waals surface area contributed by atoms with Gasteiger partial charge in [0.1, 0.15) is 6.17 Å². The van der Waals surface area contributed by atoms with Gasteiger partial charge in [-0.15, -0.1) is 0 Å². The normalized spacial score (nSPS) is 22.1. The molecule has 0 aliphatic carbocycles. The summed E-state index contributed by atoms with van der Waals surface area (Å²) in [6.07, 6.45) is -4.66. The van der Waals surface area contributed by atoms with Gasteiger partial charge < -0.3 is 0 Å². The van der Waals surface area contributed by atoms with Crippen LogP contribution < -0.4 is 4.90 Å². The van der Waals surface area contributed by atoms with E-state index in [0.29, 0.717) is 0 Å². The molecule has 3 nitrogen and oxygen atoms in total. The Hall–Kier alpha value is -1.56. The van der Waals surface area contributed by atoms with E-state index in [4.69, 9.17) is 0 Å². The van der Waals surface area contributed by atoms with Crippen molar-refractivity contribution in [2.24, 2.45) is 5.41 Å². The smallest absolute Gasteiger partial charge is 0.295 e. The van der Waals surface area contributed by atoms with Crippen LogP contribution in [0.1, 0.15) is 19.4 Å². The molecule has 0 aromatic heterocycles. The molecule has 1 aliphatic rings. The number of hydrogen-bond donors (Lipinski definition) is 0. The number of hydrogen-bond acceptors (Lipinski definition) is 2. The van der Waals surface area contributed by atoms with Gasteiger partial charge in [0.25, 0.3) is 0 Å². The summed E-state index contributed by atoms with van der Waals surface area (Å²) < 4.78 is 38.2. The van der Waals surface area contributed by atoms with Crippen LogP contribution in [0.25, 0.3) is 0 Å². The molecule has 20 heavy (non-hydrogen) atoms. The van der Waals surface area contributed by atoms with Crippen LogP contribution in [0.2, 0.25) is 0 Å². The van der Waals surface area contributed by atoms with Crippen LogP contribution in [0.4, 0.5) is 18.9 Å². The fraction of sp³-hybridized carbons (Fsp3) is 0.500. The van der Waals surface area contributed by atoms with Gasteiger partial charge in [-0.25, -0.2) is 0 Å². The zero-order valence-electron chi connectivity index (χ0n) is 11.8. The minimum Gasteiger partial charge on any atom is -0.295 e. The molecular formula is C14H17F3N2O. The standard InChI is InChI=1S/C14H17F3N2O/c1-13(2)11(18(3)4)19(12(13)20)10-7-5-6-9(8-10)14(15,16)17/h5-8,11H,1-4H3. The van der Waals surface area contributed by atoms with Crippen LogP contribution >= 0.6 is 0 Å². The molecule has 1 aromatic rings. The number of alkyl halides is 3. The molecule has 1 saturated heterocycles. The molecule has 6 heteroatoms. The monoisotopic (exact) mass is 286 g/mol. The maximum absolute atomic E-state index is 12.7. The van der Waals surface area contributed by atoms with Crippen LogP contribution in [0.15, 0.2) is 24.3 Å². The lowest BCUT2D eigenvalue weighted by Crippen LogP contribution is -2.71. The first-order chi connectivity index (χ1) is 9.06. The lowest BCUT2D eigenvalue weighted by atomic mass is 9.77. The topological polar surface area (TPSA) is 23.6 Å². The molecule has 1 unspecified atom stereocenters. The Bertz CT molecular complexity index is 537. The maximum Gasteiger partial charge on any atom is 0.416 e. The predicted octanol–water partition coefficient (Wildman–Crippen LogP) is 2.97. The summed E-state index contributed by atoms with van der Waals surface area (Å²) in [5, 5.41) is 0. The molecule has 0 radical (unpaired) electrons. The van der Waals surface area contributed by atoms with E-state index in [1.807, 2.05) is 4.90 Å². The highest BCUT2D eigenvalue weighted by atomic mass is 19.4. The molecule has 1 amide bonds. The Morgan fingerprint density at radius 2 is 1.85 bits per heavy atom. The van der Waals surface area contributed by atoms with E-state index in [9.17, 15) is 18.0 Å². The van der Waals surface area contributed by atoms with E-state index in [-0.39, 0.29) is 17.8 Å². The van der Waals surface area contributed by atoms with Crippen molar-refractivity contribution in [3.05, 3.63) is 29.8 Å². The Morgan fingerprint density at radius 1 is 1.25 bits per heavy atom. The molecule has 110 valence electrons. The maximum atomic E-state index is 12.7. The number of rotatable bonds is 2. The van der Waals surface area contributed by atoms with Crippen LogP contribution in [-0.2, 0) is 11.0 Å². The molecule has 0 saturated carbocycles. The summed E-state index contributed by atoms with van der Waals surface area (Å²) >= 11 is 0. The van der Waals surface area contributed by atoms with Crippen molar-refractivity contribution >= 4 is 11.6 Å². The van der Waals surface area contributed by atoms with E-state index in [1.54, 1.807) is 27.9 Å². The van der Waals surface area contributed by atoms with Gasteiger partial charge in [-0.05, 0) is 46.1 Å². The van der Waals surface area contributed by atoms with Gasteiger partial charge >= 0.3 is 6.18 Å². The number of benzene rings is 1. The highest BCUT2D eigenvalue weighted by Crippen LogP contribution is 2.43. The zero-order valence-corrected chi connectivity index (χ0v) is 11.8. The number of carbonyl (C=O) groups is 1. The molecule has 1 aromatic carbocycles. The number of halogens is 3. The van der Waals surface area contributed by atoms with Crippen LogP contribution in [0, 0.1) is 5.41 Å². The van der Waals surface area contributed by atoms with Gasteiger partial charge in [0.2, 0.25) is 5.91 Å². The van der Waals surface area contributed by atoms with Crippen LogP contribution in [-0.4, -0.2) is 31.1 Å². The lowest BCUT2D eigenvalue weighted by Gasteiger charge is -2.55. The largest absolute Gasteiger partial charge is 0.416 e. The van der Waals surface area contributed by atoms with Crippen molar-refractivity contribution in [1.29, 1.82) is 0 Å². The van der Waals surface area contributed by atoms with Crippen molar-refractivity contribution in [2.45, 2.75) is 26.2 Å². The van der Waals surface area contributed by atoms with Gasteiger partial charge in [-0.2, -0.15) is 13.2 Å². The van der Waals surface area contributed by atoms with Crippen molar-refractivity contribution in [2.75, 3.05) is 19.0 Å². The van der Waals surface area contributed by atoms with Gasteiger partial charge in [-0.1, -0.05) is 6.07 Å². The number of anilines is 1. The lowest BCUT2D eigenvalue weighted by molar-refractivity contribution is -0.143. The quantitative estimate of drug-likeness (QED) is 0.780. The van der Waals surface area contributed by atoms with Gasteiger partial charge in [-0.3, -0.25) is 14.6 Å². The Kier molecular flexibility index (Phi) is 3.32. The minimum absolute atomic E-state index is 0.171. The summed E-state index contributed by atoms with van der Waals surface area (Å²) in [5.41, 5.74) is -1.06. The summed E-state index contributed by atoms with van der Waals surface area (Å²) in [6.45, 7) is 3.59. The molecule has 1 heterocycles. The van der Waals surface area contributed by atoms with Crippen molar-refractivity contribution in [3.8, 4) is 0 Å². The second-order valence-electron chi connectivity index (χ2n) is 5.78. The second-order valence-corrected chi connectivity index (χ2v) is 5.78. The first-order valence-electron chi connectivity index (χ1n) is 6.24. The molecule has 1 fully saturated rings. The second kappa shape index (κ2) is 4.48. The van der Waals surface area contributed by atoms with Crippen LogP contribution in [0.5, 0.6) is 0 Å². The molecule has 1 aliphatic heterocycles. The SMILES string of the molecule is CN(C)C1N(c2cccc(C(F)(F)F)c2)C(=O)C1(C)C. The highest BCUT2D eigenvalue weighted by Gasteiger charge is 2.56. The van der Waals surface area contributed by atoms with Crippen LogP contribution in [0.3, 0.4) is 0 Å². The Labute approximate surface area is 116 Å².